The van der Waals surface area contributed by atoms with Gasteiger partial charge in [-0.3, -0.25) is 9.79 Å². The van der Waals surface area contributed by atoms with Gasteiger partial charge in [-0.15, -0.1) is 11.3 Å². The van der Waals surface area contributed by atoms with E-state index in [-0.39, 0.29) is 5.56 Å². The maximum atomic E-state index is 11.8. The fourth-order valence-electron chi connectivity index (χ4n) is 2.58. The second-order valence-corrected chi connectivity index (χ2v) is 6.91. The molecular weight excluding hydrogens is 332 g/mol. The monoisotopic (exact) mass is 360 g/mol. The summed E-state index contributed by atoms with van der Waals surface area (Å²) in [5.74, 6) is 0.868. The van der Waals surface area contributed by atoms with Crippen LogP contribution in [0.15, 0.2) is 45.5 Å². The summed E-state index contributed by atoms with van der Waals surface area (Å²) >= 11 is 1.78. The van der Waals surface area contributed by atoms with E-state index < -0.39 is 0 Å². The number of hydrogen-bond acceptors (Lipinski definition) is 3. The lowest BCUT2D eigenvalue weighted by atomic mass is 10.3. The normalized spacial score (nSPS) is 11.5. The molecule has 0 aliphatic carbocycles. The van der Waals surface area contributed by atoms with Crippen molar-refractivity contribution in [2.45, 2.75) is 39.7 Å². The SMILES string of the molecule is CCNC(=NCCCCn1c(C)cccc1=O)NCCc1cccs1. The number of nitrogens with zero attached hydrogens (tertiary/aromatic N) is 2. The number of aliphatic imine (C=N–C) groups is 1. The van der Waals surface area contributed by atoms with Crippen LogP contribution in [0, 0.1) is 6.92 Å². The standard InChI is InChI=1S/C19H28N4OS/c1-3-20-19(22-13-11-17-9-7-15-25-17)21-12-4-5-14-23-16(2)8-6-10-18(23)24/h6-10,15H,3-5,11-14H2,1-2H3,(H2,20,21,22). The summed E-state index contributed by atoms with van der Waals surface area (Å²) < 4.78 is 1.83. The van der Waals surface area contributed by atoms with Crippen molar-refractivity contribution >= 4 is 17.3 Å². The summed E-state index contributed by atoms with van der Waals surface area (Å²) in [6.45, 7) is 7.29. The first-order valence-electron chi connectivity index (χ1n) is 8.91. The maximum absolute atomic E-state index is 11.8. The minimum atomic E-state index is 0.0760. The predicted molar refractivity (Wildman–Crippen MR) is 107 cm³/mol. The van der Waals surface area contributed by atoms with E-state index in [2.05, 4.69) is 40.1 Å². The number of guanidine groups is 1. The quantitative estimate of drug-likeness (QED) is 0.411. The van der Waals surface area contributed by atoms with Gasteiger partial charge in [-0.1, -0.05) is 12.1 Å². The lowest BCUT2D eigenvalue weighted by Gasteiger charge is -2.11. The largest absolute Gasteiger partial charge is 0.357 e. The highest BCUT2D eigenvalue weighted by molar-refractivity contribution is 7.09. The number of aromatic nitrogens is 1. The Morgan fingerprint density at radius 1 is 1.20 bits per heavy atom. The summed E-state index contributed by atoms with van der Waals surface area (Å²) in [5.41, 5.74) is 1.09. The lowest BCUT2D eigenvalue weighted by molar-refractivity contribution is 0.585. The fraction of sp³-hybridized carbons (Fsp3) is 0.474. The van der Waals surface area contributed by atoms with Crippen LogP contribution in [-0.2, 0) is 13.0 Å². The molecule has 2 heterocycles. The summed E-state index contributed by atoms with van der Waals surface area (Å²) in [5, 5.41) is 8.76. The first-order valence-corrected chi connectivity index (χ1v) is 9.79. The highest BCUT2D eigenvalue weighted by atomic mass is 32.1. The van der Waals surface area contributed by atoms with Crippen LogP contribution in [0.4, 0.5) is 0 Å². The van der Waals surface area contributed by atoms with Gasteiger partial charge in [0.1, 0.15) is 0 Å². The Bertz CT molecular complexity index is 706. The smallest absolute Gasteiger partial charge is 0.250 e. The Morgan fingerprint density at radius 3 is 2.80 bits per heavy atom. The van der Waals surface area contributed by atoms with Crippen LogP contribution in [0.25, 0.3) is 0 Å². The van der Waals surface area contributed by atoms with Crippen LogP contribution in [0.2, 0.25) is 0 Å². The van der Waals surface area contributed by atoms with Gasteiger partial charge < -0.3 is 15.2 Å². The van der Waals surface area contributed by atoms with Crippen molar-refractivity contribution < 1.29 is 0 Å². The molecule has 25 heavy (non-hydrogen) atoms. The van der Waals surface area contributed by atoms with Crippen LogP contribution in [-0.4, -0.2) is 30.2 Å². The first-order chi connectivity index (χ1) is 12.2. The van der Waals surface area contributed by atoms with Gasteiger partial charge in [0.05, 0.1) is 0 Å². The zero-order valence-corrected chi connectivity index (χ0v) is 15.9. The molecule has 0 saturated heterocycles. The van der Waals surface area contributed by atoms with Crippen molar-refractivity contribution in [3.05, 3.63) is 56.6 Å². The van der Waals surface area contributed by atoms with E-state index in [4.69, 9.17) is 0 Å². The van der Waals surface area contributed by atoms with Crippen LogP contribution in [0.5, 0.6) is 0 Å². The highest BCUT2D eigenvalue weighted by Gasteiger charge is 2.00. The molecular formula is C19H28N4OS. The number of aryl methyl sites for hydroxylation is 1. The van der Waals surface area contributed by atoms with Gasteiger partial charge >= 0.3 is 0 Å². The predicted octanol–water partition coefficient (Wildman–Crippen LogP) is 2.80. The third-order valence-electron chi connectivity index (χ3n) is 3.92. The molecule has 2 aromatic heterocycles. The van der Waals surface area contributed by atoms with E-state index in [1.165, 1.54) is 4.88 Å². The summed E-state index contributed by atoms with van der Waals surface area (Å²) in [7, 11) is 0. The van der Waals surface area contributed by atoms with Gasteiger partial charge in [-0.05, 0) is 50.6 Å². The third-order valence-corrected chi connectivity index (χ3v) is 4.85. The fourth-order valence-corrected chi connectivity index (χ4v) is 3.29. The molecule has 0 aliphatic heterocycles. The summed E-state index contributed by atoms with van der Waals surface area (Å²) in [6.07, 6.45) is 2.92. The topological polar surface area (TPSA) is 58.4 Å². The average Bonchev–Trinajstić information content (AvgIpc) is 3.10. The zero-order chi connectivity index (χ0) is 17.9. The van der Waals surface area contributed by atoms with Crippen molar-refractivity contribution in [1.82, 2.24) is 15.2 Å². The van der Waals surface area contributed by atoms with E-state index >= 15 is 0 Å². The molecule has 0 aromatic carbocycles. The molecule has 0 saturated carbocycles. The second kappa shape index (κ2) is 10.7. The van der Waals surface area contributed by atoms with Gasteiger partial charge in [0.2, 0.25) is 0 Å². The number of unbranched alkanes of at least 4 members (excludes halogenated alkanes) is 1. The van der Waals surface area contributed by atoms with Gasteiger partial charge in [0.15, 0.2) is 5.96 Å². The van der Waals surface area contributed by atoms with Gasteiger partial charge in [0, 0.05) is 42.8 Å². The van der Waals surface area contributed by atoms with Crippen LogP contribution in [0.3, 0.4) is 0 Å². The molecule has 0 unspecified atom stereocenters. The molecule has 0 radical (unpaired) electrons. The van der Waals surface area contributed by atoms with Gasteiger partial charge in [-0.25, -0.2) is 0 Å². The minimum absolute atomic E-state index is 0.0760. The lowest BCUT2D eigenvalue weighted by Crippen LogP contribution is -2.38. The molecule has 0 fully saturated rings. The molecule has 0 spiro atoms. The maximum Gasteiger partial charge on any atom is 0.250 e. The number of rotatable bonds is 9. The number of hydrogen-bond donors (Lipinski definition) is 2. The van der Waals surface area contributed by atoms with Crippen molar-refractivity contribution in [1.29, 1.82) is 0 Å². The van der Waals surface area contributed by atoms with Crippen molar-refractivity contribution in [3.8, 4) is 0 Å². The molecule has 5 nitrogen and oxygen atoms in total. The van der Waals surface area contributed by atoms with Gasteiger partial charge in [-0.2, -0.15) is 0 Å². The van der Waals surface area contributed by atoms with Gasteiger partial charge in [0.25, 0.3) is 5.56 Å². The Hall–Kier alpha value is -2.08. The van der Waals surface area contributed by atoms with Crippen LogP contribution < -0.4 is 16.2 Å². The van der Waals surface area contributed by atoms with Crippen molar-refractivity contribution in [2.24, 2.45) is 4.99 Å². The van der Waals surface area contributed by atoms with E-state index in [0.717, 1.165) is 57.1 Å². The molecule has 0 aliphatic rings. The molecule has 0 bridgehead atoms. The van der Waals surface area contributed by atoms with Crippen LogP contribution in [0.1, 0.15) is 30.3 Å². The zero-order valence-electron chi connectivity index (χ0n) is 15.1. The summed E-state index contributed by atoms with van der Waals surface area (Å²) in [4.78, 5) is 17.8. The Labute approximate surface area is 153 Å². The molecule has 0 amide bonds. The third kappa shape index (κ3) is 6.74. The molecule has 2 N–H and O–H groups in total. The van der Waals surface area contributed by atoms with E-state index in [1.807, 2.05) is 23.6 Å². The number of nitrogens with one attached hydrogen (secondary N) is 2. The van der Waals surface area contributed by atoms with E-state index in [0.29, 0.717) is 0 Å². The Kier molecular flexibility index (Phi) is 8.25. The molecule has 2 rings (SSSR count). The van der Waals surface area contributed by atoms with Crippen molar-refractivity contribution in [3.63, 3.8) is 0 Å². The van der Waals surface area contributed by atoms with Crippen LogP contribution >= 0.6 is 11.3 Å². The first kappa shape index (κ1) is 19.2. The Morgan fingerprint density at radius 2 is 2.08 bits per heavy atom. The molecule has 6 heteroatoms. The minimum Gasteiger partial charge on any atom is -0.357 e. The second-order valence-electron chi connectivity index (χ2n) is 5.88. The molecule has 136 valence electrons. The molecule has 2 aromatic rings. The van der Waals surface area contributed by atoms with Crippen molar-refractivity contribution in [2.75, 3.05) is 19.6 Å². The number of pyridine rings is 1. The van der Waals surface area contributed by atoms with E-state index in [9.17, 15) is 4.79 Å². The highest BCUT2D eigenvalue weighted by Crippen LogP contribution is 2.08. The Balaban J connectivity index is 1.72. The average molecular weight is 361 g/mol. The van der Waals surface area contributed by atoms with E-state index in [1.54, 1.807) is 17.4 Å². The molecule has 0 atom stereocenters. The number of thiophene rings is 1. The summed E-state index contributed by atoms with van der Waals surface area (Å²) in [6, 6.07) is 9.64.